The second-order valence-corrected chi connectivity index (χ2v) is 3.69. The van der Waals surface area contributed by atoms with Crippen molar-refractivity contribution < 1.29 is 4.84 Å². The lowest BCUT2D eigenvalue weighted by Gasteiger charge is -2.19. The molecule has 2 aliphatic rings. The molecule has 2 bridgehead atoms. The highest BCUT2D eigenvalue weighted by atomic mass is 35.5. The van der Waals surface area contributed by atoms with E-state index in [1.807, 2.05) is 0 Å². The number of nitrogens with zero attached hydrogens (tertiary/aromatic N) is 3. The summed E-state index contributed by atoms with van der Waals surface area (Å²) < 4.78 is 0. The fourth-order valence-electron chi connectivity index (χ4n) is 2.36. The molecule has 0 saturated carbocycles. The Morgan fingerprint density at radius 2 is 2.36 bits per heavy atom. The smallest absolute Gasteiger partial charge is 0.161 e. The highest BCUT2D eigenvalue weighted by Gasteiger charge is 2.40. The van der Waals surface area contributed by atoms with Crippen molar-refractivity contribution in [3.8, 4) is 6.07 Å². The number of halogens is 1. The van der Waals surface area contributed by atoms with Gasteiger partial charge in [0, 0.05) is 19.0 Å². The molecule has 0 aromatic carbocycles. The minimum atomic E-state index is 0. The van der Waals surface area contributed by atoms with Crippen LogP contribution in [-0.2, 0) is 4.84 Å². The number of hydrogen-bond donors (Lipinski definition) is 0. The summed E-state index contributed by atoms with van der Waals surface area (Å²) in [5.74, 6) is 0.951. The SMILES string of the molecule is CO/N=C(\C#N)C1CN2CCC1C2.Cl. The van der Waals surface area contributed by atoms with E-state index in [1.165, 1.54) is 20.1 Å². The van der Waals surface area contributed by atoms with Gasteiger partial charge in [0.1, 0.15) is 13.2 Å². The summed E-state index contributed by atoms with van der Waals surface area (Å²) in [5, 5.41) is 12.6. The standard InChI is InChI=1S/C9H13N3O.ClH/c1-13-11-9(4-10)8-6-12-3-2-7(8)5-12;/h7-8H,2-3,5-6H2,1H3;1H/b11-9+;. The first-order valence-corrected chi connectivity index (χ1v) is 4.58. The summed E-state index contributed by atoms with van der Waals surface area (Å²) in [6, 6.07) is 2.13. The molecule has 0 radical (unpaired) electrons. The molecule has 0 N–H and O–H groups in total. The Balaban J connectivity index is 0.000000980. The summed E-state index contributed by atoms with van der Waals surface area (Å²) in [5.41, 5.74) is 0.565. The Labute approximate surface area is 89.9 Å². The first-order chi connectivity index (χ1) is 6.35. The van der Waals surface area contributed by atoms with Crippen LogP contribution in [0.25, 0.3) is 0 Å². The van der Waals surface area contributed by atoms with Crippen LogP contribution < -0.4 is 0 Å². The molecule has 3 atom stereocenters. The summed E-state index contributed by atoms with van der Waals surface area (Å²) in [6.45, 7) is 3.31. The van der Waals surface area contributed by atoms with Gasteiger partial charge in [-0.15, -0.1) is 12.4 Å². The molecule has 2 saturated heterocycles. The molecular formula is C9H14ClN3O. The third kappa shape index (κ3) is 1.84. The zero-order valence-corrected chi connectivity index (χ0v) is 8.96. The Bertz CT molecular complexity index is 274. The predicted octanol–water partition coefficient (Wildman–Crippen LogP) is 0.886. The zero-order valence-electron chi connectivity index (χ0n) is 8.14. The minimum absolute atomic E-state index is 0. The molecular weight excluding hydrogens is 202 g/mol. The largest absolute Gasteiger partial charge is 0.398 e. The maximum atomic E-state index is 8.87. The van der Waals surface area contributed by atoms with Gasteiger partial charge in [-0.1, -0.05) is 5.16 Å². The van der Waals surface area contributed by atoms with Crippen LogP contribution in [0.5, 0.6) is 0 Å². The van der Waals surface area contributed by atoms with Gasteiger partial charge in [0.05, 0.1) is 0 Å². The fraction of sp³-hybridized carbons (Fsp3) is 0.778. The van der Waals surface area contributed by atoms with E-state index >= 15 is 0 Å². The molecule has 14 heavy (non-hydrogen) atoms. The predicted molar refractivity (Wildman–Crippen MR) is 55.3 cm³/mol. The van der Waals surface area contributed by atoms with Crippen LogP contribution in [0.1, 0.15) is 6.42 Å². The van der Waals surface area contributed by atoms with E-state index in [9.17, 15) is 0 Å². The van der Waals surface area contributed by atoms with Crippen LogP contribution >= 0.6 is 12.4 Å². The third-order valence-electron chi connectivity index (χ3n) is 2.99. The normalized spacial score (nSPS) is 34.9. The van der Waals surface area contributed by atoms with E-state index < -0.39 is 0 Å². The van der Waals surface area contributed by atoms with Crippen molar-refractivity contribution in [3.05, 3.63) is 0 Å². The molecule has 0 aromatic rings. The van der Waals surface area contributed by atoms with Crippen LogP contribution in [0.3, 0.4) is 0 Å². The number of oxime groups is 1. The second-order valence-electron chi connectivity index (χ2n) is 3.69. The average Bonchev–Trinajstić information content (AvgIpc) is 2.74. The van der Waals surface area contributed by atoms with Crippen LogP contribution in [0, 0.1) is 23.2 Å². The lowest BCUT2D eigenvalue weighted by atomic mass is 9.89. The number of hydrogen-bond acceptors (Lipinski definition) is 4. The van der Waals surface area contributed by atoms with E-state index in [4.69, 9.17) is 5.26 Å². The molecule has 2 rings (SSSR count). The van der Waals surface area contributed by atoms with Gasteiger partial charge in [-0.05, 0) is 18.9 Å². The van der Waals surface area contributed by atoms with Gasteiger partial charge in [0.25, 0.3) is 0 Å². The maximum Gasteiger partial charge on any atom is 0.161 e. The number of nitriles is 1. The molecule has 78 valence electrons. The monoisotopic (exact) mass is 215 g/mol. The van der Waals surface area contributed by atoms with E-state index in [0.717, 1.165) is 13.1 Å². The van der Waals surface area contributed by atoms with E-state index in [1.54, 1.807) is 0 Å². The van der Waals surface area contributed by atoms with Crippen LogP contribution in [0.15, 0.2) is 5.16 Å². The molecule has 0 amide bonds. The molecule has 2 fully saturated rings. The molecule has 3 unspecified atom stereocenters. The highest BCUT2D eigenvalue weighted by molar-refractivity contribution is 6.00. The van der Waals surface area contributed by atoms with Crippen molar-refractivity contribution in [2.75, 3.05) is 26.7 Å². The van der Waals surface area contributed by atoms with E-state index in [0.29, 0.717) is 17.5 Å². The summed E-state index contributed by atoms with van der Waals surface area (Å²) in [4.78, 5) is 7.05. The average molecular weight is 216 g/mol. The van der Waals surface area contributed by atoms with E-state index in [-0.39, 0.29) is 12.4 Å². The maximum absolute atomic E-state index is 8.87. The molecule has 4 nitrogen and oxygen atoms in total. The molecule has 5 heteroatoms. The molecule has 0 spiro atoms. The first kappa shape index (κ1) is 11.3. The molecule has 0 aromatic heterocycles. The van der Waals surface area contributed by atoms with Gasteiger partial charge < -0.3 is 9.74 Å². The van der Waals surface area contributed by atoms with Gasteiger partial charge in [-0.25, -0.2) is 0 Å². The number of piperidine rings is 1. The van der Waals surface area contributed by atoms with Crippen molar-refractivity contribution in [2.45, 2.75) is 6.42 Å². The van der Waals surface area contributed by atoms with Crippen molar-refractivity contribution in [2.24, 2.45) is 17.0 Å². The van der Waals surface area contributed by atoms with Crippen molar-refractivity contribution in [3.63, 3.8) is 0 Å². The third-order valence-corrected chi connectivity index (χ3v) is 2.99. The van der Waals surface area contributed by atoms with Crippen LogP contribution in [0.2, 0.25) is 0 Å². The van der Waals surface area contributed by atoms with Crippen LogP contribution in [-0.4, -0.2) is 37.4 Å². The molecule has 2 aliphatic heterocycles. The second kappa shape index (κ2) is 4.63. The zero-order chi connectivity index (χ0) is 9.26. The molecule has 2 heterocycles. The summed E-state index contributed by atoms with van der Waals surface area (Å²) in [6.07, 6.45) is 1.20. The highest BCUT2D eigenvalue weighted by Crippen LogP contribution is 2.33. The molecule has 0 aliphatic carbocycles. The topological polar surface area (TPSA) is 48.6 Å². The van der Waals surface area contributed by atoms with Gasteiger partial charge in [-0.2, -0.15) is 5.26 Å². The Hall–Kier alpha value is -0.790. The lowest BCUT2D eigenvalue weighted by Crippen LogP contribution is -2.28. The summed E-state index contributed by atoms with van der Waals surface area (Å²) in [7, 11) is 1.49. The van der Waals surface area contributed by atoms with E-state index in [2.05, 4.69) is 21.0 Å². The Morgan fingerprint density at radius 1 is 1.57 bits per heavy atom. The number of fused-ring (bicyclic) bond motifs is 2. The summed E-state index contributed by atoms with van der Waals surface area (Å²) >= 11 is 0. The van der Waals surface area contributed by atoms with Gasteiger partial charge >= 0.3 is 0 Å². The van der Waals surface area contributed by atoms with Gasteiger partial charge in [0.15, 0.2) is 5.71 Å². The Kier molecular flexibility index (Phi) is 3.73. The fourth-order valence-corrected chi connectivity index (χ4v) is 2.36. The lowest BCUT2D eigenvalue weighted by molar-refractivity contribution is 0.209. The van der Waals surface area contributed by atoms with Gasteiger partial charge in [0.2, 0.25) is 0 Å². The van der Waals surface area contributed by atoms with Crippen molar-refractivity contribution in [1.29, 1.82) is 5.26 Å². The minimum Gasteiger partial charge on any atom is -0.398 e. The first-order valence-electron chi connectivity index (χ1n) is 4.58. The Morgan fingerprint density at radius 3 is 2.79 bits per heavy atom. The van der Waals surface area contributed by atoms with Gasteiger partial charge in [-0.3, -0.25) is 0 Å². The number of rotatable bonds is 2. The quantitative estimate of drug-likeness (QED) is 0.508. The van der Waals surface area contributed by atoms with Crippen molar-refractivity contribution >= 4 is 18.1 Å². The van der Waals surface area contributed by atoms with Crippen molar-refractivity contribution in [1.82, 2.24) is 4.90 Å². The van der Waals surface area contributed by atoms with Crippen LogP contribution in [0.4, 0.5) is 0 Å².